The van der Waals surface area contributed by atoms with Gasteiger partial charge in [0.05, 0.1) is 58.5 Å². The Kier molecular flexibility index (Phi) is 9.98. The van der Waals surface area contributed by atoms with E-state index in [4.69, 9.17) is 19.3 Å². The minimum atomic E-state index is 0.0431. The molecule has 0 saturated carbocycles. The van der Waals surface area contributed by atoms with E-state index in [1.54, 1.807) is 4.68 Å². The normalized spacial score (nSPS) is 11.1. The molecule has 0 atom stereocenters. The smallest absolute Gasteiger partial charge is 0.0964 e. The van der Waals surface area contributed by atoms with E-state index in [0.29, 0.717) is 52.7 Å². The van der Waals surface area contributed by atoms with Gasteiger partial charge in [-0.3, -0.25) is 0 Å². The lowest BCUT2D eigenvalue weighted by Crippen LogP contribution is -2.13. The van der Waals surface area contributed by atoms with Gasteiger partial charge in [-0.25, -0.2) is 4.68 Å². The molecule has 0 radical (unpaired) electrons. The lowest BCUT2D eigenvalue weighted by atomic mass is 10.5. The van der Waals surface area contributed by atoms with Crippen molar-refractivity contribution in [1.29, 1.82) is 0 Å². The molecule has 8 heteroatoms. The van der Waals surface area contributed by atoms with Gasteiger partial charge in [0.15, 0.2) is 0 Å². The van der Waals surface area contributed by atoms with Gasteiger partial charge in [0.1, 0.15) is 0 Å². The van der Waals surface area contributed by atoms with E-state index >= 15 is 0 Å². The quantitative estimate of drug-likeness (QED) is 0.452. The molecule has 0 spiro atoms. The number of aliphatic hydroxyl groups excluding tert-OH is 1. The molecule has 1 rings (SSSR count). The van der Waals surface area contributed by atoms with Crippen LogP contribution >= 0.6 is 0 Å². The fraction of sp³-hybridized carbons (Fsp3) is 0.833. The first kappa shape index (κ1) is 17.0. The van der Waals surface area contributed by atoms with Crippen LogP contribution in [0.4, 0.5) is 0 Å². The first-order valence-electron chi connectivity index (χ1n) is 6.74. The van der Waals surface area contributed by atoms with Gasteiger partial charge in [0, 0.05) is 12.7 Å². The van der Waals surface area contributed by atoms with Crippen LogP contribution in [0.1, 0.15) is 5.69 Å². The van der Waals surface area contributed by atoms with Gasteiger partial charge in [-0.1, -0.05) is 5.21 Å². The minimum absolute atomic E-state index is 0.0431. The zero-order chi connectivity index (χ0) is 14.5. The van der Waals surface area contributed by atoms with Crippen molar-refractivity contribution in [2.24, 2.45) is 0 Å². The SMILES string of the molecule is CNCc1cn(CCOCCOCCOCCO)nn1. The molecule has 1 aromatic heterocycles. The van der Waals surface area contributed by atoms with Gasteiger partial charge < -0.3 is 24.6 Å². The maximum absolute atomic E-state index is 8.49. The summed E-state index contributed by atoms with van der Waals surface area (Å²) in [5, 5.41) is 19.5. The van der Waals surface area contributed by atoms with E-state index in [2.05, 4.69) is 15.6 Å². The molecule has 1 heterocycles. The molecule has 0 aliphatic rings. The maximum Gasteiger partial charge on any atom is 0.0964 e. The maximum atomic E-state index is 8.49. The standard InChI is InChI=1S/C12H24N4O4/c1-13-10-12-11-16(15-14-12)2-4-18-6-8-20-9-7-19-5-3-17/h11,13,17H,2-10H2,1H3. The summed E-state index contributed by atoms with van der Waals surface area (Å²) in [6.45, 7) is 4.45. The Morgan fingerprint density at radius 1 is 1.10 bits per heavy atom. The molecule has 0 aliphatic heterocycles. The van der Waals surface area contributed by atoms with Crippen LogP contribution in [0.3, 0.4) is 0 Å². The van der Waals surface area contributed by atoms with Crippen LogP contribution in [0.15, 0.2) is 6.20 Å². The first-order valence-corrected chi connectivity index (χ1v) is 6.74. The Morgan fingerprint density at radius 3 is 2.40 bits per heavy atom. The lowest BCUT2D eigenvalue weighted by Gasteiger charge is -2.06. The van der Waals surface area contributed by atoms with Crippen LogP contribution < -0.4 is 5.32 Å². The second-order valence-corrected chi connectivity index (χ2v) is 4.06. The summed E-state index contributed by atoms with van der Waals surface area (Å²) in [7, 11) is 1.87. The Morgan fingerprint density at radius 2 is 1.75 bits per heavy atom. The van der Waals surface area contributed by atoms with Gasteiger partial charge in [-0.2, -0.15) is 0 Å². The van der Waals surface area contributed by atoms with Crippen LogP contribution in [0.5, 0.6) is 0 Å². The summed E-state index contributed by atoms with van der Waals surface area (Å²) < 4.78 is 17.5. The highest BCUT2D eigenvalue weighted by Gasteiger charge is 1.99. The molecule has 116 valence electrons. The van der Waals surface area contributed by atoms with Crippen molar-refractivity contribution in [2.45, 2.75) is 13.1 Å². The fourth-order valence-electron chi connectivity index (χ4n) is 1.47. The number of hydrogen-bond donors (Lipinski definition) is 2. The topological polar surface area (TPSA) is 90.7 Å². The number of rotatable bonds is 13. The molecule has 0 fully saturated rings. The van der Waals surface area contributed by atoms with Crippen molar-refractivity contribution in [3.05, 3.63) is 11.9 Å². The summed E-state index contributed by atoms with van der Waals surface area (Å²) >= 11 is 0. The Bertz CT molecular complexity index is 335. The zero-order valence-electron chi connectivity index (χ0n) is 12.0. The van der Waals surface area contributed by atoms with E-state index < -0.39 is 0 Å². The molecule has 0 aromatic carbocycles. The van der Waals surface area contributed by atoms with Crippen molar-refractivity contribution in [3.8, 4) is 0 Å². The number of hydrogen-bond acceptors (Lipinski definition) is 7. The summed E-state index contributed by atoms with van der Waals surface area (Å²) in [5.74, 6) is 0. The van der Waals surface area contributed by atoms with E-state index in [9.17, 15) is 0 Å². The Hall–Kier alpha value is -1.06. The van der Waals surface area contributed by atoms with Crippen LogP contribution in [0.25, 0.3) is 0 Å². The molecular weight excluding hydrogens is 264 g/mol. The lowest BCUT2D eigenvalue weighted by molar-refractivity contribution is 0.00628. The predicted octanol–water partition coefficient (Wildman–Crippen LogP) is -0.960. The average molecular weight is 288 g/mol. The number of nitrogens with zero attached hydrogens (tertiary/aromatic N) is 3. The highest BCUT2D eigenvalue weighted by Crippen LogP contribution is 1.92. The largest absolute Gasteiger partial charge is 0.394 e. The molecule has 0 amide bonds. The Balaban J connectivity index is 1.89. The van der Waals surface area contributed by atoms with Crippen LogP contribution in [-0.2, 0) is 27.3 Å². The third-order valence-electron chi connectivity index (χ3n) is 2.39. The second kappa shape index (κ2) is 11.7. The van der Waals surface area contributed by atoms with Crippen LogP contribution in [-0.4, -0.2) is 73.4 Å². The molecule has 20 heavy (non-hydrogen) atoms. The van der Waals surface area contributed by atoms with E-state index in [0.717, 1.165) is 5.69 Å². The van der Waals surface area contributed by atoms with Crippen LogP contribution in [0, 0.1) is 0 Å². The number of aromatic nitrogens is 3. The molecule has 0 bridgehead atoms. The Labute approximate surface area is 119 Å². The van der Waals surface area contributed by atoms with Gasteiger partial charge in [-0.15, -0.1) is 5.10 Å². The van der Waals surface area contributed by atoms with Crippen molar-refractivity contribution in [2.75, 3.05) is 53.3 Å². The second-order valence-electron chi connectivity index (χ2n) is 4.06. The van der Waals surface area contributed by atoms with Gasteiger partial charge in [0.2, 0.25) is 0 Å². The highest BCUT2D eigenvalue weighted by atomic mass is 16.5. The molecule has 2 N–H and O–H groups in total. The third-order valence-corrected chi connectivity index (χ3v) is 2.39. The monoisotopic (exact) mass is 288 g/mol. The first-order chi connectivity index (χ1) is 9.86. The average Bonchev–Trinajstić information content (AvgIpc) is 2.89. The molecule has 0 saturated heterocycles. The summed E-state index contributed by atoms with van der Waals surface area (Å²) in [4.78, 5) is 0. The van der Waals surface area contributed by atoms with Gasteiger partial charge in [-0.05, 0) is 7.05 Å². The summed E-state index contributed by atoms with van der Waals surface area (Å²) in [6, 6.07) is 0. The fourth-order valence-corrected chi connectivity index (χ4v) is 1.47. The number of aliphatic hydroxyl groups is 1. The molecule has 8 nitrogen and oxygen atoms in total. The molecule has 0 unspecified atom stereocenters. The van der Waals surface area contributed by atoms with E-state index in [1.807, 2.05) is 13.2 Å². The third kappa shape index (κ3) is 8.18. The van der Waals surface area contributed by atoms with Crippen molar-refractivity contribution in [1.82, 2.24) is 20.3 Å². The highest BCUT2D eigenvalue weighted by molar-refractivity contribution is 4.90. The van der Waals surface area contributed by atoms with Gasteiger partial charge >= 0.3 is 0 Å². The number of nitrogens with one attached hydrogen (secondary N) is 1. The predicted molar refractivity (Wildman–Crippen MR) is 72.3 cm³/mol. The molecule has 1 aromatic rings. The van der Waals surface area contributed by atoms with E-state index in [-0.39, 0.29) is 6.61 Å². The van der Waals surface area contributed by atoms with Crippen molar-refractivity contribution in [3.63, 3.8) is 0 Å². The summed E-state index contributed by atoms with van der Waals surface area (Å²) in [5.41, 5.74) is 0.915. The van der Waals surface area contributed by atoms with Crippen molar-refractivity contribution >= 4 is 0 Å². The number of ether oxygens (including phenoxy) is 3. The van der Waals surface area contributed by atoms with Crippen molar-refractivity contribution < 1.29 is 19.3 Å². The van der Waals surface area contributed by atoms with Crippen LogP contribution in [0.2, 0.25) is 0 Å². The molecular formula is C12H24N4O4. The molecule has 0 aliphatic carbocycles. The summed E-state index contributed by atoms with van der Waals surface area (Å²) in [6.07, 6.45) is 1.90. The zero-order valence-corrected chi connectivity index (χ0v) is 12.0. The minimum Gasteiger partial charge on any atom is -0.394 e. The van der Waals surface area contributed by atoms with E-state index in [1.165, 1.54) is 0 Å². The van der Waals surface area contributed by atoms with Gasteiger partial charge in [0.25, 0.3) is 0 Å².